The molecule has 0 saturated heterocycles. The molecule has 6 nitrogen and oxygen atoms in total. The van der Waals surface area contributed by atoms with Crippen LogP contribution in [0, 0.1) is 11.7 Å². The second-order valence-electron chi connectivity index (χ2n) is 8.21. The van der Waals surface area contributed by atoms with Crippen molar-refractivity contribution in [1.82, 2.24) is 9.13 Å². The van der Waals surface area contributed by atoms with E-state index < -0.39 is 35.0 Å². The van der Waals surface area contributed by atoms with Gasteiger partial charge in [-0.05, 0) is 17.2 Å². The predicted molar refractivity (Wildman–Crippen MR) is 132 cm³/mol. The molecule has 35 heavy (non-hydrogen) atoms. The summed E-state index contributed by atoms with van der Waals surface area (Å²) in [5.41, 5.74) is 0.219. The van der Waals surface area contributed by atoms with Gasteiger partial charge in [-0.25, -0.2) is 9.18 Å². The van der Waals surface area contributed by atoms with E-state index in [1.165, 1.54) is 35.9 Å². The molecule has 0 aliphatic carbocycles. The van der Waals surface area contributed by atoms with Crippen LogP contribution in [0.3, 0.4) is 0 Å². The number of hydrogen-bond donors (Lipinski definition) is 1. The molecule has 1 heterocycles. The maximum absolute atomic E-state index is 14.3. The first-order valence-electron chi connectivity index (χ1n) is 10.9. The van der Waals surface area contributed by atoms with Crippen LogP contribution in [0.2, 0.25) is 5.02 Å². The number of carboxylic acids is 1. The molecule has 0 amide bonds. The second-order valence-corrected chi connectivity index (χ2v) is 8.59. The lowest BCUT2D eigenvalue weighted by Gasteiger charge is -2.23. The number of aromatic nitrogens is 2. The summed E-state index contributed by atoms with van der Waals surface area (Å²) in [5.74, 6) is -2.88. The van der Waals surface area contributed by atoms with Crippen LogP contribution in [0.4, 0.5) is 4.39 Å². The summed E-state index contributed by atoms with van der Waals surface area (Å²) < 4.78 is 16.5. The van der Waals surface area contributed by atoms with Crippen LogP contribution in [-0.4, -0.2) is 20.2 Å². The van der Waals surface area contributed by atoms with Crippen molar-refractivity contribution in [2.24, 2.45) is 5.92 Å². The van der Waals surface area contributed by atoms with Gasteiger partial charge in [0, 0.05) is 18.3 Å². The molecule has 4 aromatic rings. The zero-order valence-corrected chi connectivity index (χ0v) is 19.5. The van der Waals surface area contributed by atoms with E-state index in [9.17, 15) is 23.9 Å². The van der Waals surface area contributed by atoms with Crippen LogP contribution >= 0.6 is 11.6 Å². The molecule has 0 spiro atoms. The van der Waals surface area contributed by atoms with Crippen molar-refractivity contribution in [2.75, 3.05) is 0 Å². The zero-order chi connectivity index (χ0) is 25.1. The number of aliphatic carboxylic acids is 1. The Morgan fingerprint density at radius 2 is 1.49 bits per heavy atom. The SMILES string of the molecule is CC(Cn1c(=O)c(-c2cccc(F)c2Cl)cn(C(c2ccccc2)c2ccccc2)c1=O)C(=O)O. The zero-order valence-electron chi connectivity index (χ0n) is 18.8. The molecule has 1 unspecified atom stereocenters. The molecule has 0 bridgehead atoms. The first-order valence-corrected chi connectivity index (χ1v) is 11.3. The monoisotopic (exact) mass is 492 g/mol. The van der Waals surface area contributed by atoms with Crippen LogP contribution in [0.15, 0.2) is 94.6 Å². The van der Waals surface area contributed by atoms with Crippen molar-refractivity contribution in [1.29, 1.82) is 0 Å². The maximum atomic E-state index is 14.3. The highest BCUT2D eigenvalue weighted by Crippen LogP contribution is 2.30. The molecule has 8 heteroatoms. The minimum absolute atomic E-state index is 0.0106. The number of carboxylic acid groups (broad SMARTS) is 1. The van der Waals surface area contributed by atoms with Crippen molar-refractivity contribution < 1.29 is 14.3 Å². The first kappa shape index (κ1) is 24.2. The van der Waals surface area contributed by atoms with E-state index in [2.05, 4.69) is 0 Å². The predicted octanol–water partition coefficient (Wildman–Crippen LogP) is 4.83. The van der Waals surface area contributed by atoms with Gasteiger partial charge in [-0.3, -0.25) is 18.7 Å². The van der Waals surface area contributed by atoms with Crippen LogP contribution in [0.25, 0.3) is 11.1 Å². The summed E-state index contributed by atoms with van der Waals surface area (Å²) in [6.07, 6.45) is 1.37. The topological polar surface area (TPSA) is 81.3 Å². The van der Waals surface area contributed by atoms with E-state index in [0.29, 0.717) is 0 Å². The number of rotatable bonds is 7. The summed E-state index contributed by atoms with van der Waals surface area (Å²) in [5, 5.41) is 9.17. The lowest BCUT2D eigenvalue weighted by atomic mass is 9.98. The van der Waals surface area contributed by atoms with E-state index in [1.807, 2.05) is 60.7 Å². The number of carbonyl (C=O) groups is 1. The minimum atomic E-state index is -1.15. The van der Waals surface area contributed by atoms with E-state index in [0.717, 1.165) is 15.7 Å². The largest absolute Gasteiger partial charge is 0.481 e. The Balaban J connectivity index is 2.07. The maximum Gasteiger partial charge on any atom is 0.331 e. The molecule has 1 atom stereocenters. The van der Waals surface area contributed by atoms with Gasteiger partial charge in [0.05, 0.1) is 22.5 Å². The quantitative estimate of drug-likeness (QED) is 0.401. The lowest BCUT2D eigenvalue weighted by Crippen LogP contribution is -2.44. The molecule has 0 saturated carbocycles. The van der Waals surface area contributed by atoms with E-state index >= 15 is 0 Å². The summed E-state index contributed by atoms with van der Waals surface area (Å²) in [6, 6.07) is 21.9. The average molecular weight is 493 g/mol. The molecule has 4 rings (SSSR count). The summed E-state index contributed by atoms with van der Waals surface area (Å²) in [4.78, 5) is 38.7. The van der Waals surface area contributed by atoms with E-state index in [4.69, 9.17) is 11.6 Å². The number of benzene rings is 3. The van der Waals surface area contributed by atoms with E-state index in [1.54, 1.807) is 0 Å². The molecular weight excluding hydrogens is 471 g/mol. The van der Waals surface area contributed by atoms with E-state index in [-0.39, 0.29) is 22.7 Å². The van der Waals surface area contributed by atoms with Gasteiger partial charge in [-0.15, -0.1) is 0 Å². The van der Waals surface area contributed by atoms with Gasteiger partial charge in [0.1, 0.15) is 5.82 Å². The molecule has 0 aliphatic heterocycles. The number of halogens is 2. The summed E-state index contributed by atoms with van der Waals surface area (Å²) in [6.45, 7) is 1.05. The second kappa shape index (κ2) is 10.1. The molecule has 1 aromatic heterocycles. The van der Waals surface area contributed by atoms with Crippen molar-refractivity contribution in [3.05, 3.63) is 128 Å². The van der Waals surface area contributed by atoms with Crippen molar-refractivity contribution in [2.45, 2.75) is 19.5 Å². The van der Waals surface area contributed by atoms with Crippen LogP contribution < -0.4 is 11.2 Å². The number of nitrogens with zero attached hydrogens (tertiary/aromatic N) is 2. The normalized spacial score (nSPS) is 12.0. The highest BCUT2D eigenvalue weighted by atomic mass is 35.5. The fourth-order valence-electron chi connectivity index (χ4n) is 4.00. The van der Waals surface area contributed by atoms with Gasteiger partial charge in [-0.2, -0.15) is 0 Å². The summed E-state index contributed by atoms with van der Waals surface area (Å²) >= 11 is 6.21. The highest BCUT2D eigenvalue weighted by Gasteiger charge is 2.25. The van der Waals surface area contributed by atoms with Crippen molar-refractivity contribution >= 4 is 17.6 Å². The molecule has 1 N–H and O–H groups in total. The Bertz CT molecular complexity index is 1440. The van der Waals surface area contributed by atoms with Gasteiger partial charge in [0.15, 0.2) is 0 Å². The third-order valence-corrected chi connectivity index (χ3v) is 6.21. The van der Waals surface area contributed by atoms with Crippen molar-refractivity contribution in [3.8, 4) is 11.1 Å². The van der Waals surface area contributed by atoms with Crippen LogP contribution in [-0.2, 0) is 11.3 Å². The lowest BCUT2D eigenvalue weighted by molar-refractivity contribution is -0.141. The third-order valence-electron chi connectivity index (χ3n) is 5.82. The first-order chi connectivity index (χ1) is 16.8. The Morgan fingerprint density at radius 1 is 0.914 bits per heavy atom. The van der Waals surface area contributed by atoms with Crippen LogP contribution in [0.5, 0.6) is 0 Å². The summed E-state index contributed by atoms with van der Waals surface area (Å²) in [7, 11) is 0. The Labute approximate surface area is 205 Å². The fraction of sp³-hybridized carbons (Fsp3) is 0.148. The smallest absolute Gasteiger partial charge is 0.331 e. The highest BCUT2D eigenvalue weighted by molar-refractivity contribution is 6.33. The molecule has 0 radical (unpaired) electrons. The van der Waals surface area contributed by atoms with Gasteiger partial charge >= 0.3 is 11.7 Å². The number of hydrogen-bond acceptors (Lipinski definition) is 3. The third kappa shape index (κ3) is 4.81. The standard InChI is InChI=1S/C27H22ClFN2O4/c1-17(26(33)34)15-31-25(32)21(20-13-8-14-22(29)23(20)28)16-30(27(31)35)24(18-9-4-2-5-10-18)19-11-6-3-7-12-19/h2-14,16-17,24H,15H2,1H3,(H,33,34). The fourth-order valence-corrected chi connectivity index (χ4v) is 4.23. The van der Waals surface area contributed by atoms with Crippen LogP contribution in [0.1, 0.15) is 24.1 Å². The average Bonchev–Trinajstić information content (AvgIpc) is 2.86. The Morgan fingerprint density at radius 3 is 2.03 bits per heavy atom. The minimum Gasteiger partial charge on any atom is -0.481 e. The van der Waals surface area contributed by atoms with Gasteiger partial charge < -0.3 is 5.11 Å². The molecule has 0 fully saturated rings. The molecule has 0 aliphatic rings. The van der Waals surface area contributed by atoms with Crippen molar-refractivity contribution in [3.63, 3.8) is 0 Å². The Kier molecular flexibility index (Phi) is 6.98. The Hall–Kier alpha value is -3.97. The molecule has 178 valence electrons. The van der Waals surface area contributed by atoms with Gasteiger partial charge in [-0.1, -0.05) is 91.3 Å². The van der Waals surface area contributed by atoms with Gasteiger partial charge in [0.2, 0.25) is 0 Å². The van der Waals surface area contributed by atoms with Gasteiger partial charge in [0.25, 0.3) is 5.56 Å². The molecular formula is C27H22ClFN2O4. The molecule has 3 aromatic carbocycles.